The number of nitrogens with one attached hydrogen (secondary N) is 1. The van der Waals surface area contributed by atoms with E-state index in [4.69, 9.17) is 0 Å². The Kier molecular flexibility index (Phi) is 5.61. The molecule has 1 amide bonds. The van der Waals surface area contributed by atoms with Crippen molar-refractivity contribution in [2.24, 2.45) is 0 Å². The minimum atomic E-state index is -0.947. The lowest BCUT2D eigenvalue weighted by Gasteiger charge is -2.34. The zero-order valence-corrected chi connectivity index (χ0v) is 15.4. The van der Waals surface area contributed by atoms with Gasteiger partial charge in [0.2, 0.25) is 5.91 Å². The maximum absolute atomic E-state index is 11.5. The summed E-state index contributed by atoms with van der Waals surface area (Å²) in [5.74, 6) is 0.464. The van der Waals surface area contributed by atoms with Crippen LogP contribution in [0.1, 0.15) is 30.1 Å². The zero-order chi connectivity index (χ0) is 18.7. The molecule has 0 radical (unpaired) electrons. The average molecular weight is 361 g/mol. The first-order valence-corrected chi connectivity index (χ1v) is 9.13. The van der Waals surface area contributed by atoms with Gasteiger partial charge in [0.1, 0.15) is 11.6 Å². The van der Waals surface area contributed by atoms with Crippen molar-refractivity contribution in [3.63, 3.8) is 0 Å². The third-order valence-corrected chi connectivity index (χ3v) is 5.18. The number of aromatic carboxylic acids is 1. The molecule has 8 heteroatoms. The summed E-state index contributed by atoms with van der Waals surface area (Å²) in [5, 5.41) is 12.8. The van der Waals surface area contributed by atoms with Crippen LogP contribution in [0.15, 0.2) is 12.1 Å². The van der Waals surface area contributed by atoms with Crippen LogP contribution in [0.3, 0.4) is 0 Å². The van der Waals surface area contributed by atoms with Crippen LogP contribution in [0.4, 0.5) is 11.6 Å². The molecule has 0 bridgehead atoms. The number of hydrogen-bond acceptors (Lipinski definition) is 6. The summed E-state index contributed by atoms with van der Waals surface area (Å²) in [6.45, 7) is 6.57. The number of carbonyl (C=O) groups is 2. The number of carboxylic acid groups (broad SMARTS) is 1. The van der Waals surface area contributed by atoms with Crippen LogP contribution in [0.5, 0.6) is 0 Å². The van der Waals surface area contributed by atoms with E-state index in [1.807, 2.05) is 4.90 Å². The highest BCUT2D eigenvalue weighted by molar-refractivity contribution is 5.89. The number of aromatic nitrogens is 1. The number of piperazine rings is 1. The number of anilines is 2. The predicted octanol–water partition coefficient (Wildman–Crippen LogP) is 0.954. The molecule has 0 spiro atoms. The first-order chi connectivity index (χ1) is 12.4. The Hall–Kier alpha value is -2.35. The Morgan fingerprint density at radius 3 is 2.35 bits per heavy atom. The molecule has 142 valence electrons. The van der Waals surface area contributed by atoms with Gasteiger partial charge in [-0.2, -0.15) is 0 Å². The number of hydrogen-bond donors (Lipinski definition) is 2. The van der Waals surface area contributed by atoms with E-state index in [1.54, 1.807) is 19.1 Å². The van der Waals surface area contributed by atoms with Gasteiger partial charge in [-0.1, -0.05) is 0 Å². The van der Waals surface area contributed by atoms with E-state index in [0.29, 0.717) is 11.6 Å². The first kappa shape index (κ1) is 18.4. The number of likely N-dealkylation sites (N-methyl/N-ethyl adjacent to an activating group) is 1. The molecule has 2 aliphatic heterocycles. The highest BCUT2D eigenvalue weighted by atomic mass is 16.4. The van der Waals surface area contributed by atoms with Gasteiger partial charge in [0.25, 0.3) is 0 Å². The SMILES string of the molecule is CC(=O)N1CCC(Nc2cc(C(=O)O)cc(N3CCN(C)CC3)n2)CC1. The average Bonchev–Trinajstić information content (AvgIpc) is 2.62. The van der Waals surface area contributed by atoms with E-state index in [1.165, 1.54) is 0 Å². The molecule has 3 rings (SSSR count). The molecule has 2 saturated heterocycles. The van der Waals surface area contributed by atoms with Crippen molar-refractivity contribution in [2.75, 3.05) is 56.5 Å². The molecule has 2 fully saturated rings. The quantitative estimate of drug-likeness (QED) is 0.825. The van der Waals surface area contributed by atoms with E-state index in [2.05, 4.69) is 27.1 Å². The molecule has 0 atom stereocenters. The second kappa shape index (κ2) is 7.90. The summed E-state index contributed by atoms with van der Waals surface area (Å²) in [4.78, 5) is 33.9. The fourth-order valence-electron chi connectivity index (χ4n) is 3.46. The molecular weight excluding hydrogens is 334 g/mol. The summed E-state index contributed by atoms with van der Waals surface area (Å²) in [6.07, 6.45) is 1.67. The number of carbonyl (C=O) groups excluding carboxylic acids is 1. The van der Waals surface area contributed by atoms with Crippen molar-refractivity contribution in [3.05, 3.63) is 17.7 Å². The molecule has 1 aromatic heterocycles. The Morgan fingerprint density at radius 1 is 1.12 bits per heavy atom. The fourth-order valence-corrected chi connectivity index (χ4v) is 3.46. The van der Waals surface area contributed by atoms with E-state index >= 15 is 0 Å². The molecule has 0 saturated carbocycles. The second-order valence-corrected chi connectivity index (χ2v) is 7.12. The normalized spacial score (nSPS) is 19.5. The van der Waals surface area contributed by atoms with E-state index in [-0.39, 0.29) is 17.5 Å². The number of rotatable bonds is 4. The van der Waals surface area contributed by atoms with Gasteiger partial charge in [-0.25, -0.2) is 9.78 Å². The van der Waals surface area contributed by atoms with Crippen LogP contribution < -0.4 is 10.2 Å². The Labute approximate surface area is 153 Å². The minimum Gasteiger partial charge on any atom is -0.478 e. The number of pyridine rings is 1. The molecule has 8 nitrogen and oxygen atoms in total. The molecule has 3 heterocycles. The molecule has 0 unspecified atom stereocenters. The predicted molar refractivity (Wildman–Crippen MR) is 99.8 cm³/mol. The van der Waals surface area contributed by atoms with Gasteiger partial charge in [-0.05, 0) is 32.0 Å². The number of nitrogens with zero attached hydrogens (tertiary/aromatic N) is 4. The smallest absolute Gasteiger partial charge is 0.335 e. The second-order valence-electron chi connectivity index (χ2n) is 7.12. The monoisotopic (exact) mass is 361 g/mol. The van der Waals surface area contributed by atoms with Gasteiger partial charge in [-0.3, -0.25) is 4.79 Å². The number of amides is 1. The van der Waals surface area contributed by atoms with Crippen LogP contribution in [0.25, 0.3) is 0 Å². The molecular formula is C18H27N5O3. The van der Waals surface area contributed by atoms with Crippen molar-refractivity contribution in [1.29, 1.82) is 0 Å². The molecule has 0 aromatic carbocycles. The highest BCUT2D eigenvalue weighted by Crippen LogP contribution is 2.22. The third kappa shape index (κ3) is 4.43. The van der Waals surface area contributed by atoms with Crippen molar-refractivity contribution in [3.8, 4) is 0 Å². The molecule has 0 aliphatic carbocycles. The maximum Gasteiger partial charge on any atom is 0.335 e. The summed E-state index contributed by atoms with van der Waals surface area (Å²) in [5.41, 5.74) is 0.248. The van der Waals surface area contributed by atoms with Crippen LogP contribution in [0, 0.1) is 0 Å². The Bertz CT molecular complexity index is 665. The van der Waals surface area contributed by atoms with E-state index in [0.717, 1.165) is 52.1 Å². The van der Waals surface area contributed by atoms with Crippen LogP contribution >= 0.6 is 0 Å². The number of piperidine rings is 1. The van der Waals surface area contributed by atoms with Crippen molar-refractivity contribution >= 4 is 23.5 Å². The minimum absolute atomic E-state index is 0.104. The van der Waals surface area contributed by atoms with Crippen LogP contribution in [-0.2, 0) is 4.79 Å². The summed E-state index contributed by atoms with van der Waals surface area (Å²) in [6, 6.07) is 3.44. The van der Waals surface area contributed by atoms with Gasteiger partial charge in [0.05, 0.1) is 5.56 Å². The van der Waals surface area contributed by atoms with Gasteiger partial charge in [0.15, 0.2) is 0 Å². The lowest BCUT2D eigenvalue weighted by molar-refractivity contribution is -0.129. The lowest BCUT2D eigenvalue weighted by atomic mass is 10.0. The summed E-state index contributed by atoms with van der Waals surface area (Å²) in [7, 11) is 2.08. The maximum atomic E-state index is 11.5. The van der Waals surface area contributed by atoms with Crippen molar-refractivity contribution in [2.45, 2.75) is 25.8 Å². The summed E-state index contributed by atoms with van der Waals surface area (Å²) >= 11 is 0. The molecule has 26 heavy (non-hydrogen) atoms. The van der Waals surface area contributed by atoms with Gasteiger partial charge >= 0.3 is 5.97 Å². The van der Waals surface area contributed by atoms with Crippen molar-refractivity contribution < 1.29 is 14.7 Å². The molecule has 2 N–H and O–H groups in total. The first-order valence-electron chi connectivity index (χ1n) is 9.13. The topological polar surface area (TPSA) is 89.0 Å². The highest BCUT2D eigenvalue weighted by Gasteiger charge is 2.22. The summed E-state index contributed by atoms with van der Waals surface area (Å²) < 4.78 is 0. The zero-order valence-electron chi connectivity index (χ0n) is 15.4. The standard InChI is InChI=1S/C18H27N5O3/c1-13(24)22-5-3-15(4-6-22)19-16-11-14(18(25)26)12-17(20-16)23-9-7-21(2)8-10-23/h11-12,15H,3-10H2,1-2H3,(H,19,20)(H,25,26). The fraction of sp³-hybridized carbons (Fsp3) is 0.611. The molecule has 1 aromatic rings. The van der Waals surface area contributed by atoms with Crippen LogP contribution in [0.2, 0.25) is 0 Å². The van der Waals surface area contributed by atoms with Crippen molar-refractivity contribution in [1.82, 2.24) is 14.8 Å². The molecule has 2 aliphatic rings. The number of likely N-dealkylation sites (tertiary alicyclic amines) is 1. The third-order valence-electron chi connectivity index (χ3n) is 5.18. The van der Waals surface area contributed by atoms with Gasteiger partial charge < -0.3 is 25.1 Å². The van der Waals surface area contributed by atoms with Crippen LogP contribution in [-0.4, -0.2) is 84.1 Å². The Morgan fingerprint density at radius 2 is 1.77 bits per heavy atom. The van der Waals surface area contributed by atoms with E-state index in [9.17, 15) is 14.7 Å². The van der Waals surface area contributed by atoms with E-state index < -0.39 is 5.97 Å². The number of carboxylic acids is 1. The Balaban J connectivity index is 1.72. The lowest BCUT2D eigenvalue weighted by Crippen LogP contribution is -2.45. The van der Waals surface area contributed by atoms with Gasteiger partial charge in [-0.15, -0.1) is 0 Å². The largest absolute Gasteiger partial charge is 0.478 e. The van der Waals surface area contributed by atoms with Gasteiger partial charge in [0, 0.05) is 52.2 Å².